The van der Waals surface area contributed by atoms with Crippen LogP contribution in [0.25, 0.3) is 0 Å². The van der Waals surface area contributed by atoms with Gasteiger partial charge in [-0.25, -0.2) is 4.79 Å². The summed E-state index contributed by atoms with van der Waals surface area (Å²) in [5.41, 5.74) is 2.02. The monoisotopic (exact) mass is 285 g/mol. The molecule has 0 aliphatic carbocycles. The van der Waals surface area contributed by atoms with E-state index in [2.05, 4.69) is 10.3 Å². The highest BCUT2D eigenvalue weighted by molar-refractivity contribution is 5.74. The summed E-state index contributed by atoms with van der Waals surface area (Å²) in [4.78, 5) is 17.7. The molecule has 2 amide bonds. The van der Waals surface area contributed by atoms with Gasteiger partial charge in [-0.1, -0.05) is 30.3 Å². The van der Waals surface area contributed by atoms with Crippen LogP contribution in [-0.4, -0.2) is 34.2 Å². The number of hydrogen-bond donors (Lipinski definition) is 2. The van der Waals surface area contributed by atoms with Crippen molar-refractivity contribution in [1.82, 2.24) is 15.2 Å². The number of amides is 2. The molecule has 1 aromatic heterocycles. The molecule has 5 heteroatoms. The molecule has 0 atom stereocenters. The van der Waals surface area contributed by atoms with Crippen LogP contribution in [0.15, 0.2) is 54.9 Å². The minimum atomic E-state index is -0.190. The number of aliphatic hydroxyl groups is 1. The molecule has 1 aromatic carbocycles. The van der Waals surface area contributed by atoms with E-state index in [-0.39, 0.29) is 12.6 Å². The number of carbonyl (C=O) groups excluding carboxylic acids is 1. The first-order valence-corrected chi connectivity index (χ1v) is 6.86. The number of pyridine rings is 1. The minimum Gasteiger partial charge on any atom is -0.395 e. The summed E-state index contributed by atoms with van der Waals surface area (Å²) in [7, 11) is 0. The molecule has 0 saturated carbocycles. The second-order valence-electron chi connectivity index (χ2n) is 4.64. The summed E-state index contributed by atoms with van der Waals surface area (Å²) in [6.45, 7) is 1.16. The highest BCUT2D eigenvalue weighted by Crippen LogP contribution is 2.05. The van der Waals surface area contributed by atoms with E-state index < -0.39 is 0 Å². The fraction of sp³-hybridized carbons (Fsp3) is 0.250. The van der Waals surface area contributed by atoms with Crippen molar-refractivity contribution in [2.45, 2.75) is 13.1 Å². The predicted octanol–water partition coefficient (Wildman–Crippen LogP) is 1.79. The highest BCUT2D eigenvalue weighted by Gasteiger charge is 2.12. The maximum atomic E-state index is 12.2. The van der Waals surface area contributed by atoms with Gasteiger partial charge in [0.1, 0.15) is 0 Å². The van der Waals surface area contributed by atoms with Gasteiger partial charge in [-0.15, -0.1) is 0 Å². The van der Waals surface area contributed by atoms with Crippen LogP contribution in [0.3, 0.4) is 0 Å². The third-order valence-electron chi connectivity index (χ3n) is 3.07. The van der Waals surface area contributed by atoms with Crippen LogP contribution in [0, 0.1) is 0 Å². The molecule has 110 valence electrons. The highest BCUT2D eigenvalue weighted by atomic mass is 16.3. The maximum Gasteiger partial charge on any atom is 0.318 e. The molecular weight excluding hydrogens is 266 g/mol. The molecule has 0 aliphatic heterocycles. The zero-order chi connectivity index (χ0) is 14.9. The SMILES string of the molecule is O=C(NCc1ccncc1)N(CCO)Cc1ccccc1. The van der Waals surface area contributed by atoms with Crippen molar-refractivity contribution < 1.29 is 9.90 Å². The van der Waals surface area contributed by atoms with Crippen LogP contribution in [0.2, 0.25) is 0 Å². The Balaban J connectivity index is 1.92. The van der Waals surface area contributed by atoms with E-state index in [4.69, 9.17) is 5.11 Å². The lowest BCUT2D eigenvalue weighted by Crippen LogP contribution is -2.40. The Kier molecular flexibility index (Phi) is 5.72. The molecule has 5 nitrogen and oxygen atoms in total. The molecule has 2 aromatic rings. The number of urea groups is 1. The van der Waals surface area contributed by atoms with Gasteiger partial charge < -0.3 is 15.3 Å². The summed E-state index contributed by atoms with van der Waals surface area (Å²) in [5.74, 6) is 0. The Morgan fingerprint density at radius 1 is 1.10 bits per heavy atom. The molecule has 0 radical (unpaired) electrons. The third kappa shape index (κ3) is 4.89. The van der Waals surface area contributed by atoms with Gasteiger partial charge in [0.2, 0.25) is 0 Å². The lowest BCUT2D eigenvalue weighted by molar-refractivity contribution is 0.173. The van der Waals surface area contributed by atoms with Crippen molar-refractivity contribution in [3.8, 4) is 0 Å². The maximum absolute atomic E-state index is 12.2. The number of nitrogens with zero attached hydrogens (tertiary/aromatic N) is 2. The molecule has 0 spiro atoms. The summed E-state index contributed by atoms with van der Waals surface area (Å²) >= 11 is 0. The Labute approximate surface area is 124 Å². The van der Waals surface area contributed by atoms with Gasteiger partial charge in [0.25, 0.3) is 0 Å². The molecular formula is C16H19N3O2. The number of carbonyl (C=O) groups is 1. The van der Waals surface area contributed by atoms with Gasteiger partial charge in [0.15, 0.2) is 0 Å². The van der Waals surface area contributed by atoms with Crippen molar-refractivity contribution in [2.24, 2.45) is 0 Å². The van der Waals surface area contributed by atoms with Gasteiger partial charge in [-0.05, 0) is 23.3 Å². The first kappa shape index (κ1) is 15.0. The van der Waals surface area contributed by atoms with Crippen molar-refractivity contribution in [2.75, 3.05) is 13.2 Å². The zero-order valence-corrected chi connectivity index (χ0v) is 11.8. The van der Waals surface area contributed by atoms with E-state index in [1.54, 1.807) is 17.3 Å². The standard InChI is InChI=1S/C16H19N3O2/c20-11-10-19(13-15-4-2-1-3-5-15)16(21)18-12-14-6-8-17-9-7-14/h1-9,20H,10-13H2,(H,18,21). The first-order valence-electron chi connectivity index (χ1n) is 6.86. The lowest BCUT2D eigenvalue weighted by Gasteiger charge is -2.22. The van der Waals surface area contributed by atoms with Gasteiger partial charge in [0.05, 0.1) is 6.61 Å². The van der Waals surface area contributed by atoms with Gasteiger partial charge >= 0.3 is 6.03 Å². The first-order chi connectivity index (χ1) is 10.3. The average molecular weight is 285 g/mol. The number of nitrogens with one attached hydrogen (secondary N) is 1. The molecule has 2 N–H and O–H groups in total. The Bertz CT molecular complexity index is 546. The predicted molar refractivity (Wildman–Crippen MR) is 80.4 cm³/mol. The quantitative estimate of drug-likeness (QED) is 0.850. The van der Waals surface area contributed by atoms with Crippen LogP contribution in [0.4, 0.5) is 4.79 Å². The van der Waals surface area contributed by atoms with E-state index >= 15 is 0 Å². The smallest absolute Gasteiger partial charge is 0.318 e. The van der Waals surface area contributed by atoms with E-state index in [0.717, 1.165) is 11.1 Å². The van der Waals surface area contributed by atoms with E-state index in [9.17, 15) is 4.79 Å². The van der Waals surface area contributed by atoms with Crippen LogP contribution < -0.4 is 5.32 Å². The van der Waals surface area contributed by atoms with E-state index in [1.165, 1.54) is 0 Å². The van der Waals surface area contributed by atoms with Crippen LogP contribution in [0.5, 0.6) is 0 Å². The normalized spacial score (nSPS) is 10.1. The summed E-state index contributed by atoms with van der Waals surface area (Å²) in [6.07, 6.45) is 3.38. The van der Waals surface area contributed by atoms with Gasteiger partial charge in [-0.2, -0.15) is 0 Å². The molecule has 0 fully saturated rings. The minimum absolute atomic E-state index is 0.0600. The zero-order valence-electron chi connectivity index (χ0n) is 11.8. The summed E-state index contributed by atoms with van der Waals surface area (Å²) in [5, 5.41) is 12.0. The lowest BCUT2D eigenvalue weighted by atomic mass is 10.2. The van der Waals surface area contributed by atoms with Gasteiger partial charge in [-0.3, -0.25) is 4.98 Å². The summed E-state index contributed by atoms with van der Waals surface area (Å²) < 4.78 is 0. The number of benzene rings is 1. The largest absolute Gasteiger partial charge is 0.395 e. The topological polar surface area (TPSA) is 65.5 Å². The number of hydrogen-bond acceptors (Lipinski definition) is 3. The second-order valence-corrected chi connectivity index (χ2v) is 4.64. The number of aliphatic hydroxyl groups excluding tert-OH is 1. The van der Waals surface area contributed by atoms with E-state index in [0.29, 0.717) is 19.6 Å². The molecule has 0 unspecified atom stereocenters. The summed E-state index contributed by atoms with van der Waals surface area (Å²) in [6, 6.07) is 13.2. The Morgan fingerprint density at radius 2 is 1.81 bits per heavy atom. The van der Waals surface area contributed by atoms with Crippen molar-refractivity contribution in [3.63, 3.8) is 0 Å². The Hall–Kier alpha value is -2.40. The Morgan fingerprint density at radius 3 is 2.48 bits per heavy atom. The van der Waals surface area contributed by atoms with Crippen molar-refractivity contribution >= 4 is 6.03 Å². The fourth-order valence-electron chi connectivity index (χ4n) is 1.97. The molecule has 0 aliphatic rings. The third-order valence-corrected chi connectivity index (χ3v) is 3.07. The van der Waals surface area contributed by atoms with Crippen LogP contribution in [0.1, 0.15) is 11.1 Å². The van der Waals surface area contributed by atoms with E-state index in [1.807, 2.05) is 42.5 Å². The van der Waals surface area contributed by atoms with Crippen molar-refractivity contribution in [1.29, 1.82) is 0 Å². The second kappa shape index (κ2) is 8.01. The molecule has 0 saturated heterocycles. The molecule has 21 heavy (non-hydrogen) atoms. The van der Waals surface area contributed by atoms with Crippen molar-refractivity contribution in [3.05, 3.63) is 66.0 Å². The van der Waals surface area contributed by atoms with Gasteiger partial charge in [0, 0.05) is 32.0 Å². The number of rotatable bonds is 6. The molecule has 0 bridgehead atoms. The van der Waals surface area contributed by atoms with Crippen LogP contribution >= 0.6 is 0 Å². The fourth-order valence-corrected chi connectivity index (χ4v) is 1.97. The average Bonchev–Trinajstić information content (AvgIpc) is 2.54. The molecule has 2 rings (SSSR count). The molecule has 1 heterocycles. The number of aromatic nitrogens is 1. The van der Waals surface area contributed by atoms with Crippen LogP contribution in [-0.2, 0) is 13.1 Å².